The van der Waals surface area contributed by atoms with E-state index in [-0.39, 0.29) is 17.9 Å². The van der Waals surface area contributed by atoms with E-state index >= 15 is 0 Å². The van der Waals surface area contributed by atoms with Crippen molar-refractivity contribution in [1.82, 2.24) is 0 Å². The molecule has 1 amide bonds. The fourth-order valence-electron chi connectivity index (χ4n) is 1.59. The van der Waals surface area contributed by atoms with Crippen molar-refractivity contribution in [1.29, 1.82) is 0 Å². The van der Waals surface area contributed by atoms with Gasteiger partial charge in [-0.3, -0.25) is 4.79 Å². The van der Waals surface area contributed by atoms with Gasteiger partial charge in [-0.1, -0.05) is 0 Å². The van der Waals surface area contributed by atoms with Crippen molar-refractivity contribution in [2.24, 2.45) is 0 Å². The van der Waals surface area contributed by atoms with E-state index in [0.717, 1.165) is 24.3 Å². The van der Waals surface area contributed by atoms with Crippen LogP contribution in [0.25, 0.3) is 0 Å². The molecule has 110 valence electrons. The Kier molecular flexibility index (Phi) is 4.42. The maximum atomic E-state index is 13.3. The summed E-state index contributed by atoms with van der Waals surface area (Å²) in [5, 5.41) is 4.64. The molecule has 0 aliphatic rings. The van der Waals surface area contributed by atoms with Gasteiger partial charge in [0.2, 0.25) is 5.91 Å². The minimum atomic E-state index is -0.920. The third-order valence-corrected chi connectivity index (χ3v) is 2.58. The van der Waals surface area contributed by atoms with Crippen molar-refractivity contribution in [3.8, 4) is 0 Å². The number of carbonyl (C=O) groups excluding carboxylic acids is 1. The topological polar surface area (TPSA) is 41.1 Å². The highest BCUT2D eigenvalue weighted by Gasteiger charge is 2.09. The molecule has 0 aliphatic carbocycles. The zero-order valence-corrected chi connectivity index (χ0v) is 10.6. The number of amides is 1. The lowest BCUT2D eigenvalue weighted by Gasteiger charge is -2.09. The summed E-state index contributed by atoms with van der Waals surface area (Å²) >= 11 is 0. The van der Waals surface area contributed by atoms with Gasteiger partial charge in [-0.15, -0.1) is 0 Å². The molecule has 2 aromatic rings. The van der Waals surface area contributed by atoms with Crippen molar-refractivity contribution < 1.29 is 22.4 Å². The molecule has 7 heteroatoms. The van der Waals surface area contributed by atoms with E-state index in [9.17, 15) is 22.4 Å². The Bertz CT molecular complexity index is 676. The second kappa shape index (κ2) is 6.25. The fourth-order valence-corrected chi connectivity index (χ4v) is 1.59. The number of nitrogens with one attached hydrogen (secondary N) is 2. The van der Waals surface area contributed by atoms with Gasteiger partial charge in [0.25, 0.3) is 0 Å². The molecule has 0 aromatic heterocycles. The highest BCUT2D eigenvalue weighted by Crippen LogP contribution is 2.16. The molecule has 0 unspecified atom stereocenters. The van der Waals surface area contributed by atoms with E-state index in [2.05, 4.69) is 10.6 Å². The maximum Gasteiger partial charge on any atom is 0.243 e. The summed E-state index contributed by atoms with van der Waals surface area (Å²) in [6.45, 7) is -0.362. The normalized spacial score (nSPS) is 10.3. The lowest BCUT2D eigenvalue weighted by molar-refractivity contribution is -0.114. The first-order valence-electron chi connectivity index (χ1n) is 5.89. The second-order valence-corrected chi connectivity index (χ2v) is 4.15. The Morgan fingerprint density at radius 3 is 1.90 bits per heavy atom. The zero-order valence-electron chi connectivity index (χ0n) is 10.6. The third-order valence-electron chi connectivity index (χ3n) is 2.58. The Balaban J connectivity index is 1.96. The van der Waals surface area contributed by atoms with Crippen LogP contribution in [-0.4, -0.2) is 12.5 Å². The van der Waals surface area contributed by atoms with E-state index < -0.39 is 29.2 Å². The molecule has 0 saturated carbocycles. The van der Waals surface area contributed by atoms with Crippen molar-refractivity contribution >= 4 is 17.3 Å². The Morgan fingerprint density at radius 2 is 1.38 bits per heavy atom. The SMILES string of the molecule is O=C(CNc1ccc(F)cc1F)Nc1ccc(F)cc1F. The number of hydrogen-bond donors (Lipinski definition) is 2. The summed E-state index contributed by atoms with van der Waals surface area (Å²) in [6, 6.07) is 5.52. The minimum absolute atomic E-state index is 0.0638. The van der Waals surface area contributed by atoms with Gasteiger partial charge in [-0.25, -0.2) is 17.6 Å². The molecule has 3 nitrogen and oxygen atoms in total. The number of rotatable bonds is 4. The van der Waals surface area contributed by atoms with Crippen LogP contribution in [0.4, 0.5) is 28.9 Å². The van der Waals surface area contributed by atoms with Crippen LogP contribution in [0.15, 0.2) is 36.4 Å². The number of hydrogen-bond acceptors (Lipinski definition) is 2. The Morgan fingerprint density at radius 1 is 0.857 bits per heavy atom. The van der Waals surface area contributed by atoms with Gasteiger partial charge >= 0.3 is 0 Å². The lowest BCUT2D eigenvalue weighted by Crippen LogP contribution is -2.22. The maximum absolute atomic E-state index is 13.3. The average Bonchev–Trinajstić information content (AvgIpc) is 2.41. The molecular weight excluding hydrogens is 288 g/mol. The van der Waals surface area contributed by atoms with Crippen LogP contribution >= 0.6 is 0 Å². The highest BCUT2D eigenvalue weighted by atomic mass is 19.1. The molecule has 0 aliphatic heterocycles. The molecule has 0 saturated heterocycles. The molecule has 21 heavy (non-hydrogen) atoms. The van der Waals surface area contributed by atoms with Gasteiger partial charge in [0.05, 0.1) is 17.9 Å². The Labute approximate surface area is 117 Å². The first-order chi connectivity index (χ1) is 9.95. The smallest absolute Gasteiger partial charge is 0.243 e. The predicted molar refractivity (Wildman–Crippen MR) is 69.8 cm³/mol. The van der Waals surface area contributed by atoms with Gasteiger partial charge in [-0.05, 0) is 24.3 Å². The standard InChI is InChI=1S/C14H10F4N2O/c15-8-1-3-12(10(17)5-8)19-7-14(21)20-13-4-2-9(16)6-11(13)18/h1-6,19H,7H2,(H,20,21). The lowest BCUT2D eigenvalue weighted by atomic mass is 10.3. The van der Waals surface area contributed by atoms with Crippen molar-refractivity contribution in [3.63, 3.8) is 0 Å². The van der Waals surface area contributed by atoms with E-state index in [4.69, 9.17) is 0 Å². The largest absolute Gasteiger partial charge is 0.374 e. The number of halogens is 4. The van der Waals surface area contributed by atoms with E-state index in [1.165, 1.54) is 0 Å². The number of benzene rings is 2. The molecule has 2 rings (SSSR count). The van der Waals surface area contributed by atoms with Crippen LogP contribution in [0.1, 0.15) is 0 Å². The molecule has 0 radical (unpaired) electrons. The summed E-state index contributed by atoms with van der Waals surface area (Å²) in [6.07, 6.45) is 0. The fraction of sp³-hybridized carbons (Fsp3) is 0.0714. The molecular formula is C14H10F4N2O. The highest BCUT2D eigenvalue weighted by molar-refractivity contribution is 5.93. The summed E-state index contributed by atoms with van der Waals surface area (Å²) < 4.78 is 52.0. The molecule has 0 fully saturated rings. The molecule has 0 heterocycles. The molecule has 0 atom stereocenters. The quantitative estimate of drug-likeness (QED) is 0.850. The number of carbonyl (C=O) groups is 1. The average molecular weight is 298 g/mol. The first kappa shape index (κ1) is 14.8. The third kappa shape index (κ3) is 3.95. The minimum Gasteiger partial charge on any atom is -0.374 e. The second-order valence-electron chi connectivity index (χ2n) is 4.15. The van der Waals surface area contributed by atoms with Crippen LogP contribution in [0.3, 0.4) is 0 Å². The number of anilines is 2. The van der Waals surface area contributed by atoms with Crippen molar-refractivity contribution in [2.45, 2.75) is 0 Å². The van der Waals surface area contributed by atoms with Crippen LogP contribution < -0.4 is 10.6 Å². The van der Waals surface area contributed by atoms with E-state index in [1.54, 1.807) is 0 Å². The summed E-state index contributed by atoms with van der Waals surface area (Å²) in [5.74, 6) is -3.94. The Hall–Kier alpha value is -2.57. The molecule has 0 spiro atoms. The molecule has 0 bridgehead atoms. The first-order valence-corrected chi connectivity index (χ1v) is 5.89. The molecule has 2 aromatic carbocycles. The van der Waals surface area contributed by atoms with Gasteiger partial charge < -0.3 is 10.6 Å². The van der Waals surface area contributed by atoms with Gasteiger partial charge in [0.1, 0.15) is 23.3 Å². The van der Waals surface area contributed by atoms with E-state index in [0.29, 0.717) is 12.1 Å². The monoisotopic (exact) mass is 298 g/mol. The zero-order chi connectivity index (χ0) is 15.4. The summed E-state index contributed by atoms with van der Waals surface area (Å²) in [4.78, 5) is 11.6. The predicted octanol–water partition coefficient (Wildman–Crippen LogP) is 3.29. The van der Waals surface area contributed by atoms with Crippen LogP contribution in [0, 0.1) is 23.3 Å². The van der Waals surface area contributed by atoms with Crippen LogP contribution in [0.2, 0.25) is 0 Å². The molecule has 2 N–H and O–H groups in total. The van der Waals surface area contributed by atoms with Crippen LogP contribution in [0.5, 0.6) is 0 Å². The van der Waals surface area contributed by atoms with Gasteiger partial charge in [0, 0.05) is 12.1 Å². The van der Waals surface area contributed by atoms with Crippen molar-refractivity contribution in [3.05, 3.63) is 59.7 Å². The summed E-state index contributed by atoms with van der Waals surface area (Å²) in [5.41, 5.74) is -0.256. The van der Waals surface area contributed by atoms with Crippen LogP contribution in [-0.2, 0) is 4.79 Å². The van der Waals surface area contributed by atoms with Gasteiger partial charge in [-0.2, -0.15) is 0 Å². The van der Waals surface area contributed by atoms with E-state index in [1.807, 2.05) is 0 Å². The van der Waals surface area contributed by atoms with Gasteiger partial charge in [0.15, 0.2) is 0 Å². The van der Waals surface area contributed by atoms with Crippen molar-refractivity contribution in [2.75, 3.05) is 17.2 Å². The summed E-state index contributed by atoms with van der Waals surface area (Å²) in [7, 11) is 0.